The zero-order chi connectivity index (χ0) is 25.9. The number of amides is 1. The van der Waals surface area contributed by atoms with E-state index < -0.39 is 0 Å². The van der Waals surface area contributed by atoms with Crippen LogP contribution in [0.5, 0.6) is 0 Å². The van der Waals surface area contributed by atoms with Crippen LogP contribution in [0, 0.1) is 11.8 Å². The Morgan fingerprint density at radius 2 is 1.74 bits per heavy atom. The van der Waals surface area contributed by atoms with Crippen molar-refractivity contribution in [1.82, 2.24) is 19.9 Å². The molecular weight excluding hydrogens is 478 g/mol. The van der Waals surface area contributed by atoms with Crippen LogP contribution in [0.15, 0.2) is 72.8 Å². The predicted molar refractivity (Wildman–Crippen MR) is 146 cm³/mol. The Balaban J connectivity index is 0.967. The molecule has 2 aliphatic rings. The van der Waals surface area contributed by atoms with Gasteiger partial charge in [0.15, 0.2) is 0 Å². The maximum absolute atomic E-state index is 12.7. The molecule has 1 unspecified atom stereocenters. The van der Waals surface area contributed by atoms with Crippen LogP contribution in [0.4, 0.5) is 10.5 Å². The van der Waals surface area contributed by atoms with Crippen LogP contribution in [0.3, 0.4) is 0 Å². The van der Waals surface area contributed by atoms with Gasteiger partial charge in [0.05, 0.1) is 11.2 Å². The van der Waals surface area contributed by atoms with E-state index in [1.165, 1.54) is 0 Å². The van der Waals surface area contributed by atoms with Gasteiger partial charge in [-0.1, -0.05) is 53.7 Å². The molecule has 38 heavy (non-hydrogen) atoms. The second-order valence-corrected chi connectivity index (χ2v) is 10.3. The van der Waals surface area contributed by atoms with Gasteiger partial charge in [0.25, 0.3) is 0 Å². The van der Waals surface area contributed by atoms with Gasteiger partial charge in [0.1, 0.15) is 17.9 Å². The molecule has 4 aromatic rings. The summed E-state index contributed by atoms with van der Waals surface area (Å²) >= 11 is 0. The number of hydrogen-bond acceptors (Lipinski definition) is 6. The summed E-state index contributed by atoms with van der Waals surface area (Å²) in [6.07, 6.45) is 3.24. The van der Waals surface area contributed by atoms with Crippen LogP contribution >= 0.6 is 0 Å². The Kier molecular flexibility index (Phi) is 6.88. The van der Waals surface area contributed by atoms with Gasteiger partial charge in [-0.05, 0) is 67.5 Å². The number of nitrogens with zero attached hydrogens (tertiary/aromatic N) is 4. The summed E-state index contributed by atoms with van der Waals surface area (Å²) in [6, 6.07) is 23.3. The molecule has 3 atom stereocenters. The summed E-state index contributed by atoms with van der Waals surface area (Å²) in [5, 5.41) is 11.4. The highest BCUT2D eigenvalue weighted by Gasteiger charge is 2.42. The first kappa shape index (κ1) is 24.3. The average Bonchev–Trinajstić information content (AvgIpc) is 3.62. The van der Waals surface area contributed by atoms with Crippen molar-refractivity contribution in [2.45, 2.75) is 31.9 Å². The molecule has 1 aliphatic carbocycles. The van der Waals surface area contributed by atoms with Gasteiger partial charge in [-0.2, -0.15) is 0 Å². The van der Waals surface area contributed by atoms with Gasteiger partial charge in [-0.25, -0.2) is 9.48 Å². The molecule has 0 bridgehead atoms. The highest BCUT2D eigenvalue weighted by Crippen LogP contribution is 2.39. The van der Waals surface area contributed by atoms with E-state index in [9.17, 15) is 9.59 Å². The molecule has 3 aromatic carbocycles. The summed E-state index contributed by atoms with van der Waals surface area (Å²) in [5.74, 6) is 1.14. The lowest BCUT2D eigenvalue weighted by molar-refractivity contribution is 0.106. The summed E-state index contributed by atoms with van der Waals surface area (Å²) in [6.45, 7) is 3.88. The highest BCUT2D eigenvalue weighted by atomic mass is 16.6. The third-order valence-electron chi connectivity index (χ3n) is 7.82. The number of rotatable bonds is 8. The number of carbonyl (C=O) groups is 2. The minimum atomic E-state index is -0.379. The number of aldehydes is 1. The molecule has 1 aliphatic heterocycles. The fraction of sp³-hybridized carbons (Fsp3) is 0.333. The maximum Gasteiger partial charge on any atom is 0.411 e. The summed E-state index contributed by atoms with van der Waals surface area (Å²) in [5.41, 5.74) is 5.13. The lowest BCUT2D eigenvalue weighted by atomic mass is 10.0. The number of aryl methyl sites for hydroxylation is 1. The Bertz CT molecular complexity index is 1420. The monoisotopic (exact) mass is 509 g/mol. The van der Waals surface area contributed by atoms with Crippen molar-refractivity contribution >= 4 is 29.1 Å². The highest BCUT2D eigenvalue weighted by molar-refractivity contribution is 5.91. The third-order valence-corrected chi connectivity index (χ3v) is 7.82. The Labute approximate surface area is 221 Å². The van der Waals surface area contributed by atoms with Gasteiger partial charge in [0.2, 0.25) is 0 Å². The third kappa shape index (κ3) is 5.17. The average molecular weight is 510 g/mol. The van der Waals surface area contributed by atoms with Crippen LogP contribution in [-0.4, -0.2) is 58.0 Å². The van der Waals surface area contributed by atoms with Crippen LogP contribution < -0.4 is 5.32 Å². The minimum Gasteiger partial charge on any atom is -0.446 e. The number of para-hydroxylation sites is 1. The molecule has 0 spiro atoms. The van der Waals surface area contributed by atoms with Crippen LogP contribution in [0.2, 0.25) is 0 Å². The lowest BCUT2D eigenvalue weighted by Crippen LogP contribution is -2.27. The van der Waals surface area contributed by atoms with Gasteiger partial charge < -0.3 is 9.64 Å². The van der Waals surface area contributed by atoms with E-state index >= 15 is 0 Å². The maximum atomic E-state index is 12.7. The van der Waals surface area contributed by atoms with Crippen molar-refractivity contribution in [2.24, 2.45) is 11.8 Å². The number of carbonyl (C=O) groups excluding carboxylic acids is 2. The first-order valence-corrected chi connectivity index (χ1v) is 13.3. The number of benzene rings is 3. The largest absolute Gasteiger partial charge is 0.446 e. The SMILES string of the molecule is O=Cc1ccc2c(c1)nnn2CCCN1C[C@H]2CC(OC(=O)Nc3ccccc3-c3ccccc3)C[C@H]2C1. The zero-order valence-electron chi connectivity index (χ0n) is 21.2. The van der Waals surface area contributed by atoms with Crippen molar-refractivity contribution in [3.63, 3.8) is 0 Å². The lowest BCUT2D eigenvalue weighted by Gasteiger charge is -2.19. The van der Waals surface area contributed by atoms with E-state index in [-0.39, 0.29) is 12.2 Å². The smallest absolute Gasteiger partial charge is 0.411 e. The van der Waals surface area contributed by atoms with E-state index in [4.69, 9.17) is 4.74 Å². The molecular formula is C30H31N5O3. The second kappa shape index (κ2) is 10.8. The van der Waals surface area contributed by atoms with Crippen LogP contribution in [0.25, 0.3) is 22.2 Å². The van der Waals surface area contributed by atoms with Crippen molar-refractivity contribution < 1.29 is 14.3 Å². The standard InChI is InChI=1S/C30H31N5O3/c36-20-21-11-12-29-28(15-21)32-33-35(29)14-6-13-34-18-23-16-25(17-24(23)19-34)38-30(37)31-27-10-5-4-9-26(27)22-7-2-1-3-8-22/h1-5,7-12,15,20,23-25H,6,13-14,16-19H2,(H,31,37)/t23-,24+,25?. The molecule has 1 N–H and O–H groups in total. The molecule has 8 nitrogen and oxygen atoms in total. The number of ether oxygens (including phenoxy) is 1. The summed E-state index contributed by atoms with van der Waals surface area (Å²) < 4.78 is 7.77. The number of hydrogen-bond donors (Lipinski definition) is 1. The van der Waals surface area contributed by atoms with Crippen LogP contribution in [0.1, 0.15) is 29.6 Å². The normalized spacial score (nSPS) is 20.9. The molecule has 1 saturated carbocycles. The topological polar surface area (TPSA) is 89.3 Å². The molecule has 2 heterocycles. The number of likely N-dealkylation sites (tertiary alicyclic amines) is 1. The van der Waals surface area contributed by atoms with E-state index in [2.05, 4.69) is 20.5 Å². The van der Waals surface area contributed by atoms with Crippen molar-refractivity contribution in [2.75, 3.05) is 25.0 Å². The molecule has 1 amide bonds. The molecule has 194 valence electrons. The van der Waals surface area contributed by atoms with E-state index in [1.54, 1.807) is 12.1 Å². The Hall–Kier alpha value is -4.04. The molecule has 1 aromatic heterocycles. The van der Waals surface area contributed by atoms with Crippen molar-refractivity contribution in [3.05, 3.63) is 78.4 Å². The fourth-order valence-corrected chi connectivity index (χ4v) is 6.04. The molecule has 0 radical (unpaired) electrons. The molecule has 2 fully saturated rings. The second-order valence-electron chi connectivity index (χ2n) is 10.3. The van der Waals surface area contributed by atoms with Gasteiger partial charge in [-0.3, -0.25) is 10.1 Å². The van der Waals surface area contributed by atoms with E-state index in [1.807, 2.05) is 65.3 Å². The van der Waals surface area contributed by atoms with Gasteiger partial charge in [-0.15, -0.1) is 5.10 Å². The minimum absolute atomic E-state index is 0.0335. The predicted octanol–water partition coefficient (Wildman–Crippen LogP) is 5.26. The summed E-state index contributed by atoms with van der Waals surface area (Å²) in [7, 11) is 0. The molecule has 6 rings (SSSR count). The molecule has 1 saturated heterocycles. The Morgan fingerprint density at radius 1 is 0.974 bits per heavy atom. The number of fused-ring (bicyclic) bond motifs is 2. The van der Waals surface area contributed by atoms with Crippen LogP contribution in [-0.2, 0) is 11.3 Å². The van der Waals surface area contributed by atoms with E-state index in [0.29, 0.717) is 17.4 Å². The van der Waals surface area contributed by atoms with Crippen molar-refractivity contribution in [3.8, 4) is 11.1 Å². The van der Waals surface area contributed by atoms with Gasteiger partial charge >= 0.3 is 6.09 Å². The Morgan fingerprint density at radius 3 is 2.53 bits per heavy atom. The molecule has 8 heteroatoms. The fourth-order valence-electron chi connectivity index (χ4n) is 6.04. The number of nitrogens with one attached hydrogen (secondary N) is 1. The quantitative estimate of drug-likeness (QED) is 0.326. The zero-order valence-corrected chi connectivity index (χ0v) is 21.2. The summed E-state index contributed by atoms with van der Waals surface area (Å²) in [4.78, 5) is 26.2. The van der Waals surface area contributed by atoms with Crippen molar-refractivity contribution in [1.29, 1.82) is 0 Å². The van der Waals surface area contributed by atoms with Gasteiger partial charge in [0, 0.05) is 30.8 Å². The van der Waals surface area contributed by atoms with E-state index in [0.717, 1.165) is 79.6 Å². The number of anilines is 1. The first-order valence-electron chi connectivity index (χ1n) is 13.3. The number of aromatic nitrogens is 3. The first-order chi connectivity index (χ1) is 18.7.